The van der Waals surface area contributed by atoms with Gasteiger partial charge in [-0.3, -0.25) is 0 Å². The normalized spacial score (nSPS) is 19.8. The molecule has 1 aliphatic heterocycles. The zero-order chi connectivity index (χ0) is 19.0. The van der Waals surface area contributed by atoms with E-state index >= 15 is 0 Å². The SMILES string of the molecule is [C-]#[N+]C1=C(C)NC(C2CC2)=C(C(=O)OC)C1c1ccc(F)c(F)c1OC. The molecule has 0 saturated heterocycles. The lowest BCUT2D eigenvalue weighted by Crippen LogP contribution is -2.30. The quantitative estimate of drug-likeness (QED) is 0.658. The van der Waals surface area contributed by atoms with Gasteiger partial charge in [-0.05, 0) is 37.3 Å². The van der Waals surface area contributed by atoms with Crippen LogP contribution in [-0.2, 0) is 9.53 Å². The van der Waals surface area contributed by atoms with Gasteiger partial charge in [-0.25, -0.2) is 14.0 Å². The molecule has 7 heteroatoms. The van der Waals surface area contributed by atoms with Gasteiger partial charge in [-0.2, -0.15) is 4.39 Å². The van der Waals surface area contributed by atoms with Crippen molar-refractivity contribution >= 4 is 5.97 Å². The summed E-state index contributed by atoms with van der Waals surface area (Å²) in [6.45, 7) is 9.28. The maximum absolute atomic E-state index is 14.3. The first-order valence-corrected chi connectivity index (χ1v) is 8.14. The smallest absolute Gasteiger partial charge is 0.335 e. The van der Waals surface area contributed by atoms with E-state index in [1.807, 2.05) is 0 Å². The molecule has 5 nitrogen and oxygen atoms in total. The van der Waals surface area contributed by atoms with Gasteiger partial charge < -0.3 is 14.8 Å². The molecule has 136 valence electrons. The topological polar surface area (TPSA) is 51.9 Å². The summed E-state index contributed by atoms with van der Waals surface area (Å²) < 4.78 is 38.0. The number of hydrogen-bond donors (Lipinski definition) is 1. The fourth-order valence-electron chi connectivity index (χ4n) is 3.31. The summed E-state index contributed by atoms with van der Waals surface area (Å²) in [7, 11) is 2.47. The Morgan fingerprint density at radius 3 is 2.54 bits per heavy atom. The number of carbonyl (C=O) groups excluding carboxylic acids is 1. The van der Waals surface area contributed by atoms with Crippen LogP contribution >= 0.6 is 0 Å². The lowest BCUT2D eigenvalue weighted by molar-refractivity contribution is -0.136. The number of nitrogens with one attached hydrogen (secondary N) is 1. The summed E-state index contributed by atoms with van der Waals surface area (Å²) >= 11 is 0. The Morgan fingerprint density at radius 2 is 2.00 bits per heavy atom. The van der Waals surface area contributed by atoms with Gasteiger partial charge in [-0.1, -0.05) is 6.07 Å². The van der Waals surface area contributed by atoms with Crippen molar-refractivity contribution in [1.29, 1.82) is 0 Å². The molecule has 1 unspecified atom stereocenters. The van der Waals surface area contributed by atoms with E-state index in [0.29, 0.717) is 11.4 Å². The second-order valence-electron chi connectivity index (χ2n) is 6.26. The number of benzene rings is 1. The van der Waals surface area contributed by atoms with E-state index in [4.69, 9.17) is 16.0 Å². The van der Waals surface area contributed by atoms with Crippen LogP contribution in [0, 0.1) is 24.1 Å². The van der Waals surface area contributed by atoms with Crippen LogP contribution in [0.2, 0.25) is 0 Å². The van der Waals surface area contributed by atoms with Gasteiger partial charge in [0.15, 0.2) is 17.3 Å². The van der Waals surface area contributed by atoms with E-state index in [-0.39, 0.29) is 28.5 Å². The van der Waals surface area contributed by atoms with Crippen LogP contribution in [0.3, 0.4) is 0 Å². The summed E-state index contributed by atoms with van der Waals surface area (Å²) in [6, 6.07) is 2.32. The molecule has 1 fully saturated rings. The minimum atomic E-state index is -1.15. The van der Waals surface area contributed by atoms with Gasteiger partial charge >= 0.3 is 5.97 Å². The van der Waals surface area contributed by atoms with Crippen molar-refractivity contribution in [3.63, 3.8) is 0 Å². The van der Waals surface area contributed by atoms with Gasteiger partial charge in [-0.15, -0.1) is 0 Å². The molecule has 3 rings (SSSR count). The molecule has 1 aromatic carbocycles. The largest absolute Gasteiger partial charge is 0.493 e. The molecule has 0 radical (unpaired) electrons. The number of hydrogen-bond acceptors (Lipinski definition) is 4. The first kappa shape index (κ1) is 17.9. The Bertz CT molecular complexity index is 880. The van der Waals surface area contributed by atoms with E-state index in [2.05, 4.69) is 10.2 Å². The fraction of sp³-hybridized carbons (Fsp3) is 0.368. The maximum Gasteiger partial charge on any atom is 0.335 e. The van der Waals surface area contributed by atoms with E-state index in [1.54, 1.807) is 6.92 Å². The third-order valence-electron chi connectivity index (χ3n) is 4.67. The highest BCUT2D eigenvalue weighted by Crippen LogP contribution is 2.48. The van der Waals surface area contributed by atoms with Gasteiger partial charge in [0.1, 0.15) is 0 Å². The van der Waals surface area contributed by atoms with Crippen molar-refractivity contribution in [2.75, 3.05) is 14.2 Å². The number of esters is 1. The lowest BCUT2D eigenvalue weighted by Gasteiger charge is -2.30. The first-order chi connectivity index (χ1) is 12.4. The minimum Gasteiger partial charge on any atom is -0.493 e. The molecule has 0 spiro atoms. The number of carbonyl (C=O) groups is 1. The molecular formula is C19H18F2N2O3. The second kappa shape index (κ2) is 6.79. The van der Waals surface area contributed by atoms with Crippen molar-refractivity contribution in [3.05, 3.63) is 63.4 Å². The van der Waals surface area contributed by atoms with Crippen LogP contribution in [0.15, 0.2) is 34.8 Å². The monoisotopic (exact) mass is 360 g/mol. The highest BCUT2D eigenvalue weighted by atomic mass is 19.2. The van der Waals surface area contributed by atoms with Crippen LogP contribution < -0.4 is 10.1 Å². The molecule has 26 heavy (non-hydrogen) atoms. The third-order valence-corrected chi connectivity index (χ3v) is 4.67. The maximum atomic E-state index is 14.3. The average Bonchev–Trinajstić information content (AvgIpc) is 3.47. The summed E-state index contributed by atoms with van der Waals surface area (Å²) in [5.41, 5.74) is 1.94. The van der Waals surface area contributed by atoms with E-state index in [1.165, 1.54) is 20.3 Å². The number of allylic oxidation sites excluding steroid dienone is 3. The summed E-state index contributed by atoms with van der Waals surface area (Å²) in [5.74, 6) is -3.86. The number of rotatable bonds is 4. The highest BCUT2D eigenvalue weighted by molar-refractivity contribution is 5.93. The Hall–Kier alpha value is -2.88. The van der Waals surface area contributed by atoms with Crippen LogP contribution in [0.25, 0.3) is 4.85 Å². The van der Waals surface area contributed by atoms with Crippen molar-refractivity contribution in [1.82, 2.24) is 5.32 Å². The van der Waals surface area contributed by atoms with Crippen LogP contribution in [-0.4, -0.2) is 20.2 Å². The van der Waals surface area contributed by atoms with Crippen LogP contribution in [0.5, 0.6) is 5.75 Å². The standard InChI is InChI=1S/C19H18F2N2O3/c1-9-16(22-2)13(11-7-8-12(20)15(21)18(11)25-3)14(19(24)26-4)17(23-9)10-5-6-10/h7-8,10,13,23H,5-6H2,1,3-4H3. The molecule has 1 N–H and O–H groups in total. The van der Waals surface area contributed by atoms with Crippen molar-refractivity contribution < 1.29 is 23.0 Å². The molecule has 1 aliphatic carbocycles. The van der Waals surface area contributed by atoms with Crippen molar-refractivity contribution in [2.45, 2.75) is 25.7 Å². The second-order valence-corrected chi connectivity index (χ2v) is 6.26. The summed E-state index contributed by atoms with van der Waals surface area (Å²) in [4.78, 5) is 16.1. The highest BCUT2D eigenvalue weighted by Gasteiger charge is 2.42. The number of halogens is 2. The molecular weight excluding hydrogens is 342 g/mol. The molecule has 0 amide bonds. The Labute approximate surface area is 150 Å². The van der Waals surface area contributed by atoms with Crippen molar-refractivity contribution in [2.24, 2.45) is 5.92 Å². The molecule has 1 atom stereocenters. The molecule has 0 aromatic heterocycles. The minimum absolute atomic E-state index is 0.158. The number of dihydropyridines is 1. The predicted molar refractivity (Wildman–Crippen MR) is 89.9 cm³/mol. The molecule has 1 saturated carbocycles. The van der Waals surface area contributed by atoms with Gasteiger partial charge in [0, 0.05) is 11.4 Å². The van der Waals surface area contributed by atoms with Crippen LogP contribution in [0.4, 0.5) is 8.78 Å². The zero-order valence-electron chi connectivity index (χ0n) is 14.7. The Balaban J connectivity index is 2.29. The molecule has 2 aliphatic rings. The number of ether oxygens (including phenoxy) is 2. The van der Waals surface area contributed by atoms with E-state index < -0.39 is 23.5 Å². The molecule has 0 bridgehead atoms. The van der Waals surface area contributed by atoms with Gasteiger partial charge in [0.05, 0.1) is 32.3 Å². The van der Waals surface area contributed by atoms with E-state index in [9.17, 15) is 13.6 Å². The average molecular weight is 360 g/mol. The zero-order valence-corrected chi connectivity index (χ0v) is 14.7. The summed E-state index contributed by atoms with van der Waals surface area (Å²) in [5, 5.41) is 3.14. The Kier molecular flexibility index (Phi) is 4.68. The Morgan fingerprint density at radius 1 is 1.31 bits per heavy atom. The fourth-order valence-corrected chi connectivity index (χ4v) is 3.31. The number of nitrogens with zero attached hydrogens (tertiary/aromatic N) is 1. The number of methoxy groups -OCH3 is 2. The van der Waals surface area contributed by atoms with Gasteiger partial charge in [0.25, 0.3) is 0 Å². The summed E-state index contributed by atoms with van der Waals surface area (Å²) in [6.07, 6.45) is 1.82. The van der Waals surface area contributed by atoms with Crippen LogP contribution in [0.1, 0.15) is 31.2 Å². The van der Waals surface area contributed by atoms with E-state index in [0.717, 1.165) is 18.9 Å². The lowest BCUT2D eigenvalue weighted by atomic mass is 9.82. The molecule has 1 heterocycles. The van der Waals surface area contributed by atoms with Crippen molar-refractivity contribution in [3.8, 4) is 5.75 Å². The predicted octanol–water partition coefficient (Wildman–Crippen LogP) is 3.65. The molecule has 1 aromatic rings. The third kappa shape index (κ3) is 2.81. The first-order valence-electron chi connectivity index (χ1n) is 8.14. The van der Waals surface area contributed by atoms with Gasteiger partial charge in [0.2, 0.25) is 5.82 Å².